The van der Waals surface area contributed by atoms with E-state index in [0.29, 0.717) is 5.69 Å². The van der Waals surface area contributed by atoms with Gasteiger partial charge in [0.15, 0.2) is 17.6 Å². The minimum atomic E-state index is -1.77. The maximum Gasteiger partial charge on any atom is 0.255 e. The Hall–Kier alpha value is -2.99. The molecule has 4 rings (SSSR count). The van der Waals surface area contributed by atoms with Crippen LogP contribution in [-0.2, 0) is 10.6 Å². The lowest BCUT2D eigenvalue weighted by molar-refractivity contribution is -0.125. The second-order valence-corrected chi connectivity index (χ2v) is 6.19. The molecule has 2 aromatic heterocycles. The van der Waals surface area contributed by atoms with E-state index < -0.39 is 30.8 Å². The Morgan fingerprint density at radius 1 is 1.26 bits per heavy atom. The largest absolute Gasteiger partial charge is 0.508 e. The summed E-state index contributed by atoms with van der Waals surface area (Å²) in [6, 6.07) is 6.13. The van der Waals surface area contributed by atoms with Gasteiger partial charge in [-0.15, -0.1) is 0 Å². The van der Waals surface area contributed by atoms with E-state index in [9.17, 15) is 20.4 Å². The van der Waals surface area contributed by atoms with Gasteiger partial charge in [0.2, 0.25) is 0 Å². The summed E-state index contributed by atoms with van der Waals surface area (Å²) in [6.07, 6.45) is -1.40. The van der Waals surface area contributed by atoms with Crippen molar-refractivity contribution in [2.75, 3.05) is 17.7 Å². The van der Waals surface area contributed by atoms with Crippen LogP contribution in [0.5, 0.6) is 5.75 Å². The van der Waals surface area contributed by atoms with E-state index in [4.69, 9.17) is 10.5 Å². The molecular weight excluding hydrogens is 356 g/mol. The highest BCUT2D eigenvalue weighted by Gasteiger charge is 2.56. The monoisotopic (exact) mass is 374 g/mol. The molecule has 27 heavy (non-hydrogen) atoms. The first-order valence-corrected chi connectivity index (χ1v) is 8.12. The molecule has 1 saturated heterocycles. The number of aromatic hydroxyl groups is 1. The Morgan fingerprint density at radius 2 is 2.07 bits per heavy atom. The molecule has 11 nitrogen and oxygen atoms in total. The number of aromatic nitrogens is 4. The lowest BCUT2D eigenvalue weighted by Crippen LogP contribution is -2.51. The van der Waals surface area contributed by atoms with Crippen molar-refractivity contribution in [1.29, 1.82) is 0 Å². The molecule has 1 aliphatic rings. The number of benzene rings is 1. The van der Waals surface area contributed by atoms with Crippen molar-refractivity contribution >= 4 is 22.7 Å². The number of fused-ring (bicyclic) bond motifs is 1. The molecule has 0 spiro atoms. The second-order valence-electron chi connectivity index (χ2n) is 6.19. The molecule has 4 atom stereocenters. The molecule has 0 aliphatic carbocycles. The van der Waals surface area contributed by atoms with E-state index in [-0.39, 0.29) is 22.7 Å². The van der Waals surface area contributed by atoms with E-state index in [1.165, 1.54) is 29.4 Å². The highest BCUT2D eigenvalue weighted by atomic mass is 16.6. The maximum absolute atomic E-state index is 10.8. The fourth-order valence-corrected chi connectivity index (χ4v) is 3.20. The minimum Gasteiger partial charge on any atom is -0.508 e. The fourth-order valence-electron chi connectivity index (χ4n) is 3.20. The van der Waals surface area contributed by atoms with Crippen LogP contribution in [0.4, 0.5) is 11.5 Å². The molecule has 0 saturated carbocycles. The van der Waals surface area contributed by atoms with Crippen LogP contribution in [0.3, 0.4) is 0 Å². The number of hydrogen-bond donors (Lipinski definition) is 6. The number of rotatable bonds is 4. The number of anilines is 2. The molecule has 1 aliphatic heterocycles. The Morgan fingerprint density at radius 3 is 2.78 bits per heavy atom. The van der Waals surface area contributed by atoms with E-state index in [0.717, 1.165) is 0 Å². The van der Waals surface area contributed by atoms with Gasteiger partial charge >= 0.3 is 0 Å². The number of nitrogens with zero attached hydrogens (tertiary/aromatic N) is 4. The Bertz CT molecular complexity index is 981. The smallest absolute Gasteiger partial charge is 0.255 e. The van der Waals surface area contributed by atoms with E-state index in [2.05, 4.69) is 20.3 Å². The predicted octanol–water partition coefficient (Wildman–Crippen LogP) is -1.05. The predicted molar refractivity (Wildman–Crippen MR) is 93.4 cm³/mol. The van der Waals surface area contributed by atoms with Gasteiger partial charge in [-0.25, -0.2) is 15.0 Å². The first-order chi connectivity index (χ1) is 13.0. The van der Waals surface area contributed by atoms with E-state index in [1.807, 2.05) is 0 Å². The molecule has 0 bridgehead atoms. The van der Waals surface area contributed by atoms with Crippen molar-refractivity contribution in [2.24, 2.45) is 0 Å². The Kier molecular flexibility index (Phi) is 4.08. The number of nitrogens with one attached hydrogen (secondary N) is 1. The zero-order chi connectivity index (χ0) is 19.2. The lowest BCUT2D eigenvalue weighted by Gasteiger charge is -2.35. The molecule has 3 heterocycles. The average Bonchev–Trinajstić information content (AvgIpc) is 3.19. The molecule has 0 radical (unpaired) electrons. The van der Waals surface area contributed by atoms with Crippen LogP contribution in [0.1, 0.15) is 0 Å². The van der Waals surface area contributed by atoms with Crippen LogP contribution < -0.4 is 11.1 Å². The quantitative estimate of drug-likeness (QED) is 0.331. The number of phenols is 1. The highest BCUT2D eigenvalue weighted by Crippen LogP contribution is 2.38. The number of aliphatic hydroxyl groups is 3. The fraction of sp³-hybridized carbons (Fsp3) is 0.312. The lowest BCUT2D eigenvalue weighted by atomic mass is 10.1. The third-order valence-corrected chi connectivity index (χ3v) is 4.51. The SMILES string of the molecule is Nc1ncnc2c1ncn2[C@]1(Nc2cccc(O)c2)O[C@H](CO)[C@@H](O)[C@H]1O. The van der Waals surface area contributed by atoms with Crippen molar-refractivity contribution in [2.45, 2.75) is 24.2 Å². The number of phenolic OH excluding ortho intramolecular Hbond substituents is 1. The van der Waals surface area contributed by atoms with E-state index in [1.54, 1.807) is 12.1 Å². The van der Waals surface area contributed by atoms with Crippen molar-refractivity contribution in [3.8, 4) is 5.75 Å². The molecule has 142 valence electrons. The van der Waals surface area contributed by atoms with Crippen LogP contribution in [0.25, 0.3) is 11.2 Å². The number of aliphatic hydroxyl groups excluding tert-OH is 3. The van der Waals surface area contributed by atoms with Crippen LogP contribution in [0, 0.1) is 0 Å². The molecule has 3 aromatic rings. The van der Waals surface area contributed by atoms with Gasteiger partial charge in [0.25, 0.3) is 5.85 Å². The van der Waals surface area contributed by atoms with Crippen molar-refractivity contribution in [1.82, 2.24) is 19.5 Å². The van der Waals surface area contributed by atoms with Gasteiger partial charge in [-0.1, -0.05) is 6.07 Å². The molecule has 0 unspecified atom stereocenters. The number of imidazole rings is 1. The summed E-state index contributed by atoms with van der Waals surface area (Å²) in [5.41, 5.74) is 6.75. The van der Waals surface area contributed by atoms with Gasteiger partial charge in [-0.2, -0.15) is 0 Å². The topological polar surface area (TPSA) is 172 Å². The Labute approximate surface area is 152 Å². The van der Waals surface area contributed by atoms with Gasteiger partial charge in [0.1, 0.15) is 36.1 Å². The minimum absolute atomic E-state index is 0.0102. The van der Waals surface area contributed by atoms with Crippen LogP contribution in [0.15, 0.2) is 36.9 Å². The van der Waals surface area contributed by atoms with Crippen molar-refractivity contribution in [3.63, 3.8) is 0 Å². The molecule has 7 N–H and O–H groups in total. The summed E-state index contributed by atoms with van der Waals surface area (Å²) in [5, 5.41) is 43.4. The van der Waals surface area contributed by atoms with Crippen LogP contribution >= 0.6 is 0 Å². The first kappa shape index (κ1) is 17.4. The summed E-state index contributed by atoms with van der Waals surface area (Å²) in [5.74, 6) is -1.64. The molecular formula is C16H18N6O5. The number of hydrogen-bond acceptors (Lipinski definition) is 10. The summed E-state index contributed by atoms with van der Waals surface area (Å²) in [4.78, 5) is 12.2. The summed E-state index contributed by atoms with van der Waals surface area (Å²) >= 11 is 0. The standard InChI is InChI=1S/C16H18N6O5/c17-14-11-15(19-6-18-14)22(7-20-11)16(13(26)12(25)10(5-23)27-16)21-8-2-1-3-9(24)4-8/h1-4,6-7,10,12-13,21,23-26H,5H2,(H2,17,18,19)/t10-,12-,13-,16+/m1/s1. The zero-order valence-corrected chi connectivity index (χ0v) is 14.0. The molecule has 0 amide bonds. The number of nitrogen functional groups attached to an aromatic ring is 1. The highest BCUT2D eigenvalue weighted by molar-refractivity contribution is 5.81. The van der Waals surface area contributed by atoms with Gasteiger partial charge in [-0.3, -0.25) is 4.57 Å². The molecule has 1 aromatic carbocycles. The summed E-state index contributed by atoms with van der Waals surface area (Å²) in [6.45, 7) is -0.522. The summed E-state index contributed by atoms with van der Waals surface area (Å²) < 4.78 is 7.21. The summed E-state index contributed by atoms with van der Waals surface area (Å²) in [7, 11) is 0. The zero-order valence-electron chi connectivity index (χ0n) is 14.0. The first-order valence-electron chi connectivity index (χ1n) is 8.12. The second kappa shape index (κ2) is 6.32. The van der Waals surface area contributed by atoms with Gasteiger partial charge in [0, 0.05) is 11.8 Å². The molecule has 1 fully saturated rings. The normalized spacial score (nSPS) is 27.9. The van der Waals surface area contributed by atoms with Crippen molar-refractivity contribution in [3.05, 3.63) is 36.9 Å². The van der Waals surface area contributed by atoms with Crippen LogP contribution in [0.2, 0.25) is 0 Å². The maximum atomic E-state index is 10.8. The number of ether oxygens (including phenoxy) is 1. The number of nitrogens with two attached hydrogens (primary N) is 1. The average molecular weight is 374 g/mol. The van der Waals surface area contributed by atoms with Gasteiger partial charge in [-0.05, 0) is 12.1 Å². The van der Waals surface area contributed by atoms with Gasteiger partial charge < -0.3 is 36.2 Å². The van der Waals surface area contributed by atoms with Crippen molar-refractivity contribution < 1.29 is 25.2 Å². The third-order valence-electron chi connectivity index (χ3n) is 4.51. The third kappa shape index (κ3) is 2.64. The van der Waals surface area contributed by atoms with E-state index >= 15 is 0 Å². The Balaban J connectivity index is 1.89. The van der Waals surface area contributed by atoms with Crippen LogP contribution in [-0.4, -0.2) is 64.9 Å². The van der Waals surface area contributed by atoms with Gasteiger partial charge in [0.05, 0.1) is 6.61 Å². The molecule has 11 heteroatoms.